The standard InChI is InChI=1S/C28H30N4O4S/c1-17(15-23(33)27(30)35)31-25(18(2)24-9-6-14-37-24)28(36)32-22(26(29)34)16-19-10-12-21(13-11-19)20-7-4-3-5-8-20/h3-14,22-23,25,31,33H,1-2,15-16H2,(H2,29,34)(H2,30,35)(H,32,36)/t22-,23-,25+/m1/s1. The summed E-state index contributed by atoms with van der Waals surface area (Å²) in [6, 6.07) is 19.1. The minimum atomic E-state index is -1.46. The monoisotopic (exact) mass is 518 g/mol. The summed E-state index contributed by atoms with van der Waals surface area (Å²) in [5.41, 5.74) is 14.3. The molecule has 37 heavy (non-hydrogen) atoms. The van der Waals surface area contributed by atoms with Crippen molar-refractivity contribution >= 4 is 34.6 Å². The van der Waals surface area contributed by atoms with Gasteiger partial charge < -0.3 is 27.2 Å². The molecule has 3 aromatic rings. The smallest absolute Gasteiger partial charge is 0.247 e. The molecule has 0 unspecified atom stereocenters. The highest BCUT2D eigenvalue weighted by Crippen LogP contribution is 2.23. The second kappa shape index (κ2) is 12.7. The molecule has 0 fully saturated rings. The molecule has 1 heterocycles. The molecule has 0 aliphatic carbocycles. The molecule has 0 radical (unpaired) electrons. The highest BCUT2D eigenvalue weighted by molar-refractivity contribution is 7.11. The molecule has 0 aliphatic rings. The fraction of sp³-hybridized carbons (Fsp3) is 0.179. The van der Waals surface area contributed by atoms with E-state index in [1.165, 1.54) is 11.3 Å². The Hall–Kier alpha value is -4.21. The van der Waals surface area contributed by atoms with Crippen molar-refractivity contribution in [2.45, 2.75) is 31.0 Å². The molecule has 0 saturated heterocycles. The van der Waals surface area contributed by atoms with Crippen molar-refractivity contribution in [2.75, 3.05) is 0 Å². The number of hydrogen-bond donors (Lipinski definition) is 5. The van der Waals surface area contributed by atoms with Gasteiger partial charge in [0, 0.05) is 23.4 Å². The van der Waals surface area contributed by atoms with Crippen LogP contribution in [0.5, 0.6) is 0 Å². The molecule has 2 aromatic carbocycles. The van der Waals surface area contributed by atoms with Gasteiger partial charge in [-0.05, 0) is 33.7 Å². The SMILES string of the molecule is C=C(C[C@@H](O)C(N)=O)N[C@@H](C(=C)c1cccs1)C(=O)N[C@H](Cc1ccc(-c2ccccc2)cc1)C(N)=O. The Morgan fingerprint density at radius 1 is 0.865 bits per heavy atom. The highest BCUT2D eigenvalue weighted by Gasteiger charge is 2.28. The Balaban J connectivity index is 1.75. The minimum absolute atomic E-state index is 0.190. The lowest BCUT2D eigenvalue weighted by Crippen LogP contribution is -2.52. The first-order chi connectivity index (χ1) is 17.7. The average molecular weight is 519 g/mol. The Bertz CT molecular complexity index is 1260. The van der Waals surface area contributed by atoms with E-state index in [1.54, 1.807) is 6.07 Å². The van der Waals surface area contributed by atoms with Crippen LogP contribution in [-0.2, 0) is 20.8 Å². The number of nitrogens with one attached hydrogen (secondary N) is 2. The normalized spacial score (nSPS) is 13.1. The maximum absolute atomic E-state index is 13.3. The number of benzene rings is 2. The molecular formula is C28H30N4O4S. The second-order valence-corrected chi connectivity index (χ2v) is 9.48. The summed E-state index contributed by atoms with van der Waals surface area (Å²) < 4.78 is 0. The van der Waals surface area contributed by atoms with E-state index in [9.17, 15) is 19.5 Å². The maximum Gasteiger partial charge on any atom is 0.247 e. The number of nitrogens with two attached hydrogens (primary N) is 2. The first kappa shape index (κ1) is 27.4. The summed E-state index contributed by atoms with van der Waals surface area (Å²) in [7, 11) is 0. The molecule has 0 bridgehead atoms. The minimum Gasteiger partial charge on any atom is -0.383 e. The first-order valence-electron chi connectivity index (χ1n) is 11.5. The van der Waals surface area contributed by atoms with Crippen LogP contribution in [0.2, 0.25) is 0 Å². The van der Waals surface area contributed by atoms with Gasteiger partial charge in [-0.1, -0.05) is 73.8 Å². The first-order valence-corrected chi connectivity index (χ1v) is 12.4. The number of hydrogen-bond acceptors (Lipinski definition) is 6. The van der Waals surface area contributed by atoms with Crippen molar-refractivity contribution in [3.05, 3.63) is 101 Å². The number of rotatable bonds is 13. The van der Waals surface area contributed by atoms with Gasteiger partial charge >= 0.3 is 0 Å². The molecule has 0 aliphatic heterocycles. The summed E-state index contributed by atoms with van der Waals surface area (Å²) in [6.45, 7) is 7.83. The fourth-order valence-corrected chi connectivity index (χ4v) is 4.42. The molecule has 9 heteroatoms. The van der Waals surface area contributed by atoms with Crippen molar-refractivity contribution in [1.29, 1.82) is 0 Å². The van der Waals surface area contributed by atoms with Crippen LogP contribution in [0, 0.1) is 0 Å². The van der Waals surface area contributed by atoms with E-state index in [0.717, 1.165) is 21.6 Å². The van der Waals surface area contributed by atoms with Crippen LogP contribution in [0.15, 0.2) is 91.0 Å². The second-order valence-electron chi connectivity index (χ2n) is 8.54. The third-order valence-electron chi connectivity index (χ3n) is 5.73. The molecule has 3 atom stereocenters. The summed E-state index contributed by atoms with van der Waals surface area (Å²) >= 11 is 1.39. The number of thiophene rings is 1. The number of amides is 3. The predicted molar refractivity (Wildman–Crippen MR) is 146 cm³/mol. The molecule has 3 amide bonds. The number of primary amides is 2. The summed E-state index contributed by atoms with van der Waals surface area (Å²) in [6.07, 6.45) is -1.46. The topological polar surface area (TPSA) is 148 Å². The van der Waals surface area contributed by atoms with Gasteiger partial charge in [-0.15, -0.1) is 11.3 Å². The Morgan fingerprint density at radius 3 is 2.08 bits per heavy atom. The molecule has 7 N–H and O–H groups in total. The Kier molecular flexibility index (Phi) is 9.37. The summed E-state index contributed by atoms with van der Waals surface area (Å²) in [5, 5.41) is 17.2. The van der Waals surface area contributed by atoms with Gasteiger partial charge in [0.1, 0.15) is 18.2 Å². The lowest BCUT2D eigenvalue weighted by molar-refractivity contribution is -0.127. The van der Waals surface area contributed by atoms with Gasteiger partial charge in [-0.2, -0.15) is 0 Å². The highest BCUT2D eigenvalue weighted by atomic mass is 32.1. The third-order valence-corrected chi connectivity index (χ3v) is 6.67. The summed E-state index contributed by atoms with van der Waals surface area (Å²) in [4.78, 5) is 37.6. The van der Waals surface area contributed by atoms with Gasteiger partial charge in [0.25, 0.3) is 0 Å². The van der Waals surface area contributed by atoms with Gasteiger partial charge in [0.2, 0.25) is 17.7 Å². The number of carbonyl (C=O) groups excluding carboxylic acids is 3. The molecule has 0 saturated carbocycles. The van der Waals surface area contributed by atoms with Crippen molar-refractivity contribution in [3.8, 4) is 11.1 Å². The van der Waals surface area contributed by atoms with E-state index in [4.69, 9.17) is 11.5 Å². The van der Waals surface area contributed by atoms with Crippen LogP contribution >= 0.6 is 11.3 Å². The van der Waals surface area contributed by atoms with Crippen LogP contribution in [0.25, 0.3) is 16.7 Å². The van der Waals surface area contributed by atoms with Crippen molar-refractivity contribution in [1.82, 2.24) is 10.6 Å². The van der Waals surface area contributed by atoms with Crippen molar-refractivity contribution < 1.29 is 19.5 Å². The summed E-state index contributed by atoms with van der Waals surface area (Å²) in [5.74, 6) is -2.16. The van der Waals surface area contributed by atoms with E-state index in [1.807, 2.05) is 66.0 Å². The van der Waals surface area contributed by atoms with E-state index < -0.39 is 35.9 Å². The Labute approximate surface area is 219 Å². The van der Waals surface area contributed by atoms with E-state index in [-0.39, 0.29) is 18.5 Å². The van der Waals surface area contributed by atoms with Crippen LogP contribution < -0.4 is 22.1 Å². The lowest BCUT2D eigenvalue weighted by Gasteiger charge is -2.25. The average Bonchev–Trinajstić information content (AvgIpc) is 3.42. The molecule has 192 valence electrons. The quantitative estimate of drug-likeness (QED) is 0.236. The van der Waals surface area contributed by atoms with Gasteiger partial charge in [-0.25, -0.2) is 0 Å². The third kappa shape index (κ3) is 7.63. The molecule has 3 rings (SSSR count). The van der Waals surface area contributed by atoms with Gasteiger partial charge in [0.05, 0.1) is 0 Å². The lowest BCUT2D eigenvalue weighted by atomic mass is 9.99. The van der Waals surface area contributed by atoms with Crippen LogP contribution in [0.4, 0.5) is 0 Å². The van der Waals surface area contributed by atoms with E-state index in [0.29, 0.717) is 5.57 Å². The van der Waals surface area contributed by atoms with Gasteiger partial charge in [0.15, 0.2) is 0 Å². The van der Waals surface area contributed by atoms with Crippen LogP contribution in [-0.4, -0.2) is 41.0 Å². The van der Waals surface area contributed by atoms with Crippen molar-refractivity contribution in [3.63, 3.8) is 0 Å². The van der Waals surface area contributed by atoms with Crippen molar-refractivity contribution in [2.24, 2.45) is 11.5 Å². The molecule has 0 spiro atoms. The maximum atomic E-state index is 13.3. The zero-order valence-corrected chi connectivity index (χ0v) is 21.0. The van der Waals surface area contributed by atoms with Crippen LogP contribution in [0.1, 0.15) is 16.9 Å². The van der Waals surface area contributed by atoms with Crippen LogP contribution in [0.3, 0.4) is 0 Å². The Morgan fingerprint density at radius 2 is 1.51 bits per heavy atom. The zero-order chi connectivity index (χ0) is 26.9. The van der Waals surface area contributed by atoms with E-state index in [2.05, 4.69) is 23.8 Å². The zero-order valence-electron chi connectivity index (χ0n) is 20.2. The number of aliphatic hydroxyl groups excluding tert-OH is 1. The predicted octanol–water partition coefficient (Wildman–Crippen LogP) is 2.35. The fourth-order valence-electron chi connectivity index (χ4n) is 3.69. The number of aliphatic hydroxyl groups is 1. The largest absolute Gasteiger partial charge is 0.383 e. The van der Waals surface area contributed by atoms with E-state index >= 15 is 0 Å². The molecule has 1 aromatic heterocycles. The molecular weight excluding hydrogens is 488 g/mol. The van der Waals surface area contributed by atoms with Gasteiger partial charge in [-0.3, -0.25) is 14.4 Å². The molecule has 8 nitrogen and oxygen atoms in total. The number of carbonyl (C=O) groups is 3.